The van der Waals surface area contributed by atoms with Gasteiger partial charge < -0.3 is 4.90 Å². The number of thiophene rings is 1. The Bertz CT molecular complexity index is 585. The van der Waals surface area contributed by atoms with Crippen LogP contribution in [0, 0.1) is 0 Å². The van der Waals surface area contributed by atoms with Gasteiger partial charge in [0, 0.05) is 4.88 Å². The van der Waals surface area contributed by atoms with Crippen LogP contribution in [0.2, 0.25) is 0 Å². The Labute approximate surface area is 127 Å². The fourth-order valence-corrected chi connectivity index (χ4v) is 4.23. The first-order valence-electron chi connectivity index (χ1n) is 7.36. The zero-order chi connectivity index (χ0) is 15.0. The van der Waals surface area contributed by atoms with E-state index in [4.69, 9.17) is 0 Å². The first kappa shape index (κ1) is 14.3. The highest BCUT2D eigenvalue weighted by Crippen LogP contribution is 2.31. The lowest BCUT2D eigenvalue weighted by Crippen LogP contribution is -2.59. The summed E-state index contributed by atoms with van der Waals surface area (Å²) in [6, 6.07) is 1.40. The summed E-state index contributed by atoms with van der Waals surface area (Å²) in [7, 11) is 0. The number of fused-ring (bicyclic) bond motifs is 1. The molecule has 0 bridgehead atoms. The lowest BCUT2D eigenvalue weighted by Gasteiger charge is -2.33. The molecule has 5 nitrogen and oxygen atoms in total. The molecule has 1 aromatic rings. The molecule has 6 heteroatoms. The highest BCUT2D eigenvalue weighted by atomic mass is 32.1. The quantitative estimate of drug-likeness (QED) is 0.842. The lowest BCUT2D eigenvalue weighted by atomic mass is 9.99. The van der Waals surface area contributed by atoms with Crippen molar-refractivity contribution in [2.45, 2.75) is 45.1 Å². The Hall–Kier alpha value is -1.69. The second-order valence-corrected chi connectivity index (χ2v) is 6.67. The number of nitrogens with one attached hydrogen (secondary N) is 1. The molecule has 0 aromatic carbocycles. The maximum atomic E-state index is 12.7. The van der Waals surface area contributed by atoms with Gasteiger partial charge in [-0.25, -0.2) is 0 Å². The Morgan fingerprint density at radius 1 is 1.38 bits per heavy atom. The van der Waals surface area contributed by atoms with Gasteiger partial charge in [0.15, 0.2) is 0 Å². The fraction of sp³-hybridized carbons (Fsp3) is 0.533. The van der Waals surface area contributed by atoms with Gasteiger partial charge in [-0.3, -0.25) is 19.7 Å². The monoisotopic (exact) mass is 306 g/mol. The van der Waals surface area contributed by atoms with Crippen molar-refractivity contribution in [1.29, 1.82) is 0 Å². The summed E-state index contributed by atoms with van der Waals surface area (Å²) < 4.78 is 0. The smallest absolute Gasteiger partial charge is 0.265 e. The molecule has 1 atom stereocenters. The third-order valence-corrected chi connectivity index (χ3v) is 5.34. The van der Waals surface area contributed by atoms with Gasteiger partial charge in [-0.05, 0) is 43.7 Å². The van der Waals surface area contributed by atoms with E-state index in [1.54, 1.807) is 0 Å². The number of piperazine rings is 1. The molecular formula is C15H18N2O3S. The van der Waals surface area contributed by atoms with E-state index in [1.807, 2.05) is 13.0 Å². The summed E-state index contributed by atoms with van der Waals surface area (Å²) in [5.41, 5.74) is 1.26. The largest absolute Gasteiger partial charge is 0.317 e. The maximum absolute atomic E-state index is 12.7. The van der Waals surface area contributed by atoms with Crippen molar-refractivity contribution < 1.29 is 14.4 Å². The highest BCUT2D eigenvalue weighted by Gasteiger charge is 2.36. The normalized spacial score (nSPS) is 22.0. The van der Waals surface area contributed by atoms with Crippen LogP contribution in [0.15, 0.2) is 6.07 Å². The van der Waals surface area contributed by atoms with Gasteiger partial charge in [0.1, 0.15) is 12.6 Å². The Morgan fingerprint density at radius 2 is 2.14 bits per heavy atom. The van der Waals surface area contributed by atoms with Crippen LogP contribution in [-0.2, 0) is 22.4 Å². The summed E-state index contributed by atoms with van der Waals surface area (Å²) >= 11 is 1.52. The van der Waals surface area contributed by atoms with Crippen molar-refractivity contribution >= 4 is 29.1 Å². The highest BCUT2D eigenvalue weighted by molar-refractivity contribution is 7.14. The number of imide groups is 1. The summed E-state index contributed by atoms with van der Waals surface area (Å²) in [6.45, 7) is 1.81. The van der Waals surface area contributed by atoms with Crippen LogP contribution in [0.4, 0.5) is 0 Å². The molecule has 0 radical (unpaired) electrons. The number of hydrogen-bond donors (Lipinski definition) is 1. The fourth-order valence-electron chi connectivity index (χ4n) is 3.02. The predicted molar refractivity (Wildman–Crippen MR) is 79.2 cm³/mol. The SMILES string of the molecule is CCC1C(=O)NC(=O)CN1C(=O)c1cc2c(s1)CCCC2. The Kier molecular flexibility index (Phi) is 3.80. The van der Waals surface area contributed by atoms with E-state index in [1.165, 1.54) is 39.5 Å². The molecule has 112 valence electrons. The second-order valence-electron chi connectivity index (χ2n) is 5.54. The molecule has 1 aliphatic carbocycles. The summed E-state index contributed by atoms with van der Waals surface area (Å²) in [4.78, 5) is 39.4. The number of amides is 3. The minimum Gasteiger partial charge on any atom is -0.317 e. The number of nitrogens with zero attached hydrogens (tertiary/aromatic N) is 1. The third kappa shape index (κ3) is 2.60. The molecule has 0 saturated carbocycles. The summed E-state index contributed by atoms with van der Waals surface area (Å²) in [6.07, 6.45) is 4.90. The van der Waals surface area contributed by atoms with Crippen LogP contribution >= 0.6 is 11.3 Å². The zero-order valence-electron chi connectivity index (χ0n) is 12.0. The first-order valence-corrected chi connectivity index (χ1v) is 8.18. The Morgan fingerprint density at radius 3 is 2.86 bits per heavy atom. The van der Waals surface area contributed by atoms with Gasteiger partial charge in [-0.2, -0.15) is 0 Å². The minimum atomic E-state index is -0.547. The number of rotatable bonds is 2. The average molecular weight is 306 g/mol. The van der Waals surface area contributed by atoms with Crippen LogP contribution in [-0.4, -0.2) is 35.2 Å². The van der Waals surface area contributed by atoms with E-state index < -0.39 is 11.9 Å². The maximum Gasteiger partial charge on any atom is 0.265 e. The van der Waals surface area contributed by atoms with E-state index in [0.717, 1.165) is 12.8 Å². The van der Waals surface area contributed by atoms with Crippen molar-refractivity contribution in [3.05, 3.63) is 21.4 Å². The van der Waals surface area contributed by atoms with Crippen LogP contribution < -0.4 is 5.32 Å². The molecule has 1 unspecified atom stereocenters. The molecule has 3 rings (SSSR count). The van der Waals surface area contributed by atoms with E-state index in [9.17, 15) is 14.4 Å². The number of hydrogen-bond acceptors (Lipinski definition) is 4. The van der Waals surface area contributed by atoms with E-state index in [2.05, 4.69) is 5.32 Å². The molecule has 0 spiro atoms. The van der Waals surface area contributed by atoms with E-state index in [0.29, 0.717) is 11.3 Å². The van der Waals surface area contributed by atoms with Crippen molar-refractivity contribution in [2.24, 2.45) is 0 Å². The van der Waals surface area contributed by atoms with Crippen LogP contribution in [0.1, 0.15) is 46.3 Å². The van der Waals surface area contributed by atoms with Crippen molar-refractivity contribution in [1.82, 2.24) is 10.2 Å². The third-order valence-electron chi connectivity index (χ3n) is 4.11. The molecular weight excluding hydrogens is 288 g/mol. The zero-order valence-corrected chi connectivity index (χ0v) is 12.8. The second kappa shape index (κ2) is 5.60. The summed E-state index contributed by atoms with van der Waals surface area (Å²) in [5, 5.41) is 2.30. The molecule has 2 heterocycles. The van der Waals surface area contributed by atoms with Gasteiger partial charge in [0.05, 0.1) is 4.88 Å². The van der Waals surface area contributed by atoms with Gasteiger partial charge in [0.25, 0.3) is 5.91 Å². The van der Waals surface area contributed by atoms with E-state index >= 15 is 0 Å². The van der Waals surface area contributed by atoms with Crippen LogP contribution in [0.25, 0.3) is 0 Å². The molecule has 2 aliphatic rings. The van der Waals surface area contributed by atoms with Crippen LogP contribution in [0.5, 0.6) is 0 Å². The molecule has 1 N–H and O–H groups in total. The van der Waals surface area contributed by atoms with Gasteiger partial charge in [0.2, 0.25) is 11.8 Å². The van der Waals surface area contributed by atoms with Crippen molar-refractivity contribution in [3.63, 3.8) is 0 Å². The first-order chi connectivity index (χ1) is 10.1. The molecule has 3 amide bonds. The summed E-state index contributed by atoms with van der Waals surface area (Å²) in [5.74, 6) is -0.966. The molecule has 1 fully saturated rings. The lowest BCUT2D eigenvalue weighted by molar-refractivity contribution is -0.138. The van der Waals surface area contributed by atoms with Crippen LogP contribution in [0.3, 0.4) is 0 Å². The number of carbonyl (C=O) groups excluding carboxylic acids is 3. The molecule has 1 aromatic heterocycles. The molecule has 1 saturated heterocycles. The average Bonchev–Trinajstić information content (AvgIpc) is 2.89. The van der Waals surface area contributed by atoms with Crippen molar-refractivity contribution in [3.8, 4) is 0 Å². The predicted octanol–water partition coefficient (Wildman–Crippen LogP) is 1.50. The number of aryl methyl sites for hydroxylation is 2. The molecule has 1 aliphatic heterocycles. The van der Waals surface area contributed by atoms with E-state index in [-0.39, 0.29) is 18.4 Å². The minimum absolute atomic E-state index is 0.0361. The standard InChI is InChI=1S/C15H18N2O3S/c1-2-10-14(19)16-13(18)8-17(10)15(20)12-7-9-5-3-4-6-11(9)21-12/h7,10H,2-6,8H2,1H3,(H,16,18,19). The van der Waals surface area contributed by atoms with Gasteiger partial charge in [-0.15, -0.1) is 11.3 Å². The molecule has 21 heavy (non-hydrogen) atoms. The van der Waals surface area contributed by atoms with Gasteiger partial charge >= 0.3 is 0 Å². The topological polar surface area (TPSA) is 66.5 Å². The van der Waals surface area contributed by atoms with Crippen molar-refractivity contribution in [2.75, 3.05) is 6.54 Å². The van der Waals surface area contributed by atoms with Gasteiger partial charge in [-0.1, -0.05) is 6.92 Å². The number of carbonyl (C=O) groups is 3. The Balaban J connectivity index is 1.87.